The molecular weight excluding hydrogens is 334 g/mol. The smallest absolute Gasteiger partial charge is 0.137 e. The molecule has 2 atom stereocenters. The van der Waals surface area contributed by atoms with Gasteiger partial charge in [0, 0.05) is 42.0 Å². The van der Waals surface area contributed by atoms with Crippen LogP contribution in [0.5, 0.6) is 0 Å². The van der Waals surface area contributed by atoms with Crippen molar-refractivity contribution in [3.05, 3.63) is 42.7 Å². The molecule has 1 saturated heterocycles. The molecule has 0 amide bonds. The minimum atomic E-state index is -0.158. The number of piperidine rings is 1. The van der Waals surface area contributed by atoms with E-state index in [1.807, 2.05) is 12.3 Å². The first kappa shape index (κ1) is 18.0. The van der Waals surface area contributed by atoms with Gasteiger partial charge in [-0.3, -0.25) is 0 Å². The molecule has 3 N–H and O–H groups in total. The van der Waals surface area contributed by atoms with Crippen LogP contribution in [0.3, 0.4) is 0 Å². The summed E-state index contributed by atoms with van der Waals surface area (Å²) in [5, 5.41) is 1.10. The van der Waals surface area contributed by atoms with Gasteiger partial charge < -0.3 is 15.6 Å². The zero-order valence-electron chi connectivity index (χ0n) is 16.4. The standard InChI is InChI=1S/C22H29N5/c1-15(2)12-22(23)14-27(11-9-16(22)3)20-8-4-7-19(26-20)18-13-25-21-17(18)6-5-10-24-21/h4-8,10,13,15-16H,9,11-12,14,23H2,1-3H3,(H,24,25). The Kier molecular flexibility index (Phi) is 4.64. The lowest BCUT2D eigenvalue weighted by Gasteiger charge is -2.46. The number of nitrogens with two attached hydrogens (primary N) is 1. The molecule has 1 aliphatic rings. The highest BCUT2D eigenvalue weighted by Gasteiger charge is 2.38. The van der Waals surface area contributed by atoms with Crippen molar-refractivity contribution in [2.24, 2.45) is 17.6 Å². The van der Waals surface area contributed by atoms with Crippen LogP contribution >= 0.6 is 0 Å². The van der Waals surface area contributed by atoms with E-state index in [9.17, 15) is 0 Å². The van der Waals surface area contributed by atoms with E-state index in [1.165, 1.54) is 0 Å². The Bertz CT molecular complexity index is 931. The van der Waals surface area contributed by atoms with Crippen LogP contribution in [0.2, 0.25) is 0 Å². The molecule has 4 heterocycles. The predicted octanol–water partition coefficient (Wildman–Crippen LogP) is 4.21. The molecule has 0 aliphatic carbocycles. The summed E-state index contributed by atoms with van der Waals surface area (Å²) >= 11 is 0. The molecule has 27 heavy (non-hydrogen) atoms. The maximum absolute atomic E-state index is 6.86. The minimum Gasteiger partial charge on any atom is -0.355 e. The summed E-state index contributed by atoms with van der Waals surface area (Å²) in [6.07, 6.45) is 5.94. The van der Waals surface area contributed by atoms with Gasteiger partial charge in [0.15, 0.2) is 0 Å². The number of anilines is 1. The Labute approximate surface area is 161 Å². The van der Waals surface area contributed by atoms with E-state index >= 15 is 0 Å². The van der Waals surface area contributed by atoms with Crippen molar-refractivity contribution in [3.63, 3.8) is 0 Å². The van der Waals surface area contributed by atoms with E-state index in [0.717, 1.165) is 54.0 Å². The summed E-state index contributed by atoms with van der Waals surface area (Å²) in [5.74, 6) is 2.13. The second-order valence-electron chi connectivity index (χ2n) is 8.43. The van der Waals surface area contributed by atoms with Gasteiger partial charge in [0.05, 0.1) is 5.69 Å². The van der Waals surface area contributed by atoms with Crippen molar-refractivity contribution in [1.82, 2.24) is 15.0 Å². The molecule has 142 valence electrons. The number of hydrogen-bond donors (Lipinski definition) is 2. The maximum Gasteiger partial charge on any atom is 0.137 e. The van der Waals surface area contributed by atoms with Gasteiger partial charge in [0.1, 0.15) is 11.5 Å². The van der Waals surface area contributed by atoms with E-state index in [1.54, 1.807) is 6.20 Å². The monoisotopic (exact) mass is 363 g/mol. The van der Waals surface area contributed by atoms with Crippen LogP contribution in [-0.2, 0) is 0 Å². The molecule has 3 aromatic rings. The number of nitrogens with zero attached hydrogens (tertiary/aromatic N) is 3. The number of nitrogens with one attached hydrogen (secondary N) is 1. The molecule has 1 fully saturated rings. The molecule has 5 nitrogen and oxygen atoms in total. The molecule has 3 aromatic heterocycles. The molecule has 0 bridgehead atoms. The van der Waals surface area contributed by atoms with E-state index < -0.39 is 0 Å². The number of hydrogen-bond acceptors (Lipinski definition) is 4. The Morgan fingerprint density at radius 1 is 1.30 bits per heavy atom. The topological polar surface area (TPSA) is 70.8 Å². The first-order valence-corrected chi connectivity index (χ1v) is 9.89. The van der Waals surface area contributed by atoms with Crippen molar-refractivity contribution in [1.29, 1.82) is 0 Å². The second kappa shape index (κ2) is 6.97. The fourth-order valence-electron chi connectivity index (χ4n) is 4.37. The lowest BCUT2D eigenvalue weighted by molar-refractivity contribution is 0.206. The number of fused-ring (bicyclic) bond motifs is 1. The Balaban J connectivity index is 1.65. The molecule has 2 unspecified atom stereocenters. The molecule has 4 rings (SSSR count). The number of rotatable bonds is 4. The lowest BCUT2D eigenvalue weighted by Crippen LogP contribution is -2.59. The van der Waals surface area contributed by atoms with Crippen LogP contribution in [-0.4, -0.2) is 33.6 Å². The van der Waals surface area contributed by atoms with Crippen LogP contribution in [0.4, 0.5) is 5.82 Å². The summed E-state index contributed by atoms with van der Waals surface area (Å²) in [6, 6.07) is 10.3. The number of H-pyrrole nitrogens is 1. The first-order valence-electron chi connectivity index (χ1n) is 9.89. The van der Waals surface area contributed by atoms with Gasteiger partial charge in [-0.05, 0) is 48.9 Å². The van der Waals surface area contributed by atoms with Gasteiger partial charge in [0.2, 0.25) is 0 Å². The Morgan fingerprint density at radius 3 is 2.96 bits per heavy atom. The highest BCUT2D eigenvalue weighted by atomic mass is 15.2. The summed E-state index contributed by atoms with van der Waals surface area (Å²) in [5.41, 5.74) is 9.65. The summed E-state index contributed by atoms with van der Waals surface area (Å²) in [4.78, 5) is 15.0. The average molecular weight is 364 g/mol. The van der Waals surface area contributed by atoms with Gasteiger partial charge >= 0.3 is 0 Å². The molecule has 0 spiro atoms. The van der Waals surface area contributed by atoms with Crippen LogP contribution in [0.1, 0.15) is 33.6 Å². The van der Waals surface area contributed by atoms with Crippen molar-refractivity contribution in [2.75, 3.05) is 18.0 Å². The zero-order valence-corrected chi connectivity index (χ0v) is 16.4. The van der Waals surface area contributed by atoms with Crippen LogP contribution in [0.25, 0.3) is 22.3 Å². The van der Waals surface area contributed by atoms with E-state index in [0.29, 0.717) is 11.8 Å². The predicted molar refractivity (Wildman–Crippen MR) is 112 cm³/mol. The SMILES string of the molecule is CC(C)CC1(N)CN(c2cccc(-c3c[nH]c4ncccc34)n2)CCC1C. The fourth-order valence-corrected chi connectivity index (χ4v) is 4.37. The highest BCUT2D eigenvalue weighted by molar-refractivity contribution is 5.92. The van der Waals surface area contributed by atoms with Crippen molar-refractivity contribution in [3.8, 4) is 11.3 Å². The van der Waals surface area contributed by atoms with E-state index in [2.05, 4.69) is 59.9 Å². The van der Waals surface area contributed by atoms with Gasteiger partial charge in [0.25, 0.3) is 0 Å². The fraction of sp³-hybridized carbons (Fsp3) is 0.455. The molecule has 0 saturated carbocycles. The minimum absolute atomic E-state index is 0.158. The van der Waals surface area contributed by atoms with Crippen molar-refractivity contribution in [2.45, 2.75) is 39.2 Å². The largest absolute Gasteiger partial charge is 0.355 e. The summed E-state index contributed by atoms with van der Waals surface area (Å²) in [7, 11) is 0. The van der Waals surface area contributed by atoms with Gasteiger partial charge in [-0.25, -0.2) is 9.97 Å². The number of aromatic amines is 1. The average Bonchev–Trinajstić information content (AvgIpc) is 3.08. The molecule has 1 aliphatic heterocycles. The Morgan fingerprint density at radius 2 is 2.15 bits per heavy atom. The van der Waals surface area contributed by atoms with Gasteiger partial charge in [-0.2, -0.15) is 0 Å². The van der Waals surface area contributed by atoms with Crippen molar-refractivity contribution >= 4 is 16.9 Å². The molecular formula is C22H29N5. The van der Waals surface area contributed by atoms with Crippen molar-refractivity contribution < 1.29 is 0 Å². The highest BCUT2D eigenvalue weighted by Crippen LogP contribution is 2.34. The number of pyridine rings is 2. The Hall–Kier alpha value is -2.40. The van der Waals surface area contributed by atoms with Crippen LogP contribution < -0.4 is 10.6 Å². The third kappa shape index (κ3) is 3.44. The summed E-state index contributed by atoms with van der Waals surface area (Å²) < 4.78 is 0. The summed E-state index contributed by atoms with van der Waals surface area (Å²) in [6.45, 7) is 8.67. The van der Waals surface area contributed by atoms with Gasteiger partial charge in [-0.1, -0.05) is 26.8 Å². The van der Waals surface area contributed by atoms with E-state index in [4.69, 9.17) is 10.7 Å². The normalized spacial score (nSPS) is 23.3. The third-order valence-electron chi connectivity index (χ3n) is 5.87. The second-order valence-corrected chi connectivity index (χ2v) is 8.43. The van der Waals surface area contributed by atoms with Crippen LogP contribution in [0, 0.1) is 11.8 Å². The molecule has 0 aromatic carbocycles. The lowest BCUT2D eigenvalue weighted by atomic mass is 9.75. The third-order valence-corrected chi connectivity index (χ3v) is 5.87. The maximum atomic E-state index is 6.86. The first-order chi connectivity index (χ1) is 13.0. The van der Waals surface area contributed by atoms with Gasteiger partial charge in [-0.15, -0.1) is 0 Å². The molecule has 0 radical (unpaired) electrons. The molecule has 5 heteroatoms. The number of aromatic nitrogens is 3. The van der Waals surface area contributed by atoms with E-state index in [-0.39, 0.29) is 5.54 Å². The quantitative estimate of drug-likeness (QED) is 0.728. The zero-order chi connectivity index (χ0) is 19.0. The van der Waals surface area contributed by atoms with Crippen LogP contribution in [0.15, 0.2) is 42.7 Å².